The molecule has 0 fully saturated rings. The van der Waals surface area contributed by atoms with Crippen LogP contribution in [0.4, 0.5) is 0 Å². The molecule has 0 saturated heterocycles. The molecule has 0 aromatic heterocycles. The van der Waals surface area contributed by atoms with E-state index in [1.54, 1.807) is 6.07 Å². The van der Waals surface area contributed by atoms with Gasteiger partial charge in [0.05, 0.1) is 0 Å². The van der Waals surface area contributed by atoms with E-state index in [0.29, 0.717) is 12.3 Å². The predicted molar refractivity (Wildman–Crippen MR) is 79.6 cm³/mol. The molecule has 0 aliphatic rings. The summed E-state index contributed by atoms with van der Waals surface area (Å²) in [6.45, 7) is 4.73. The Bertz CT molecular complexity index is 568. The average Bonchev–Trinajstić information content (AvgIpc) is 2.39. The Balaban J connectivity index is 2.04. The smallest absolute Gasteiger partial charge is 0.120 e. The van der Waals surface area contributed by atoms with E-state index < -0.39 is 0 Å². The largest absolute Gasteiger partial charge is 0.508 e. The summed E-state index contributed by atoms with van der Waals surface area (Å²) >= 11 is 5.98. The first kappa shape index (κ1) is 13.9. The number of nitrogens with one attached hydrogen (secondary N) is 1. The van der Waals surface area contributed by atoms with Gasteiger partial charge in [0.25, 0.3) is 0 Å². The van der Waals surface area contributed by atoms with Gasteiger partial charge in [0.15, 0.2) is 0 Å². The Kier molecular flexibility index (Phi) is 4.46. The third kappa shape index (κ3) is 3.72. The second-order valence-corrected chi connectivity index (χ2v) is 5.23. The van der Waals surface area contributed by atoms with Gasteiger partial charge in [-0.1, -0.05) is 41.4 Å². The number of phenolic OH excluding ortho intramolecular Hbond substituents is 1. The number of phenols is 1. The van der Waals surface area contributed by atoms with Crippen molar-refractivity contribution in [3.63, 3.8) is 0 Å². The Labute approximate surface area is 119 Å². The summed E-state index contributed by atoms with van der Waals surface area (Å²) in [6, 6.07) is 13.6. The number of benzene rings is 2. The second-order valence-electron chi connectivity index (χ2n) is 4.79. The highest BCUT2D eigenvalue weighted by molar-refractivity contribution is 6.30. The van der Waals surface area contributed by atoms with Crippen molar-refractivity contribution in [1.29, 1.82) is 0 Å². The SMILES string of the molecule is Cc1ccc(O)c(CN[C@H](C)c2cccc(Cl)c2)c1. The van der Waals surface area contributed by atoms with Crippen molar-refractivity contribution in [1.82, 2.24) is 5.32 Å². The van der Waals surface area contributed by atoms with E-state index in [1.807, 2.05) is 43.3 Å². The number of hydrogen-bond acceptors (Lipinski definition) is 2. The van der Waals surface area contributed by atoms with Crippen molar-refractivity contribution < 1.29 is 5.11 Å². The van der Waals surface area contributed by atoms with E-state index in [1.165, 1.54) is 0 Å². The quantitative estimate of drug-likeness (QED) is 0.876. The molecular weight excluding hydrogens is 258 g/mol. The maximum absolute atomic E-state index is 9.80. The van der Waals surface area contributed by atoms with Gasteiger partial charge in [0, 0.05) is 23.2 Å². The molecule has 1 atom stereocenters. The lowest BCUT2D eigenvalue weighted by Gasteiger charge is -2.15. The second kappa shape index (κ2) is 6.09. The standard InChI is InChI=1S/C16H18ClNO/c1-11-6-7-16(19)14(8-11)10-18-12(2)13-4-3-5-15(17)9-13/h3-9,12,18-19H,10H2,1-2H3/t12-/m1/s1. The molecule has 100 valence electrons. The highest BCUT2D eigenvalue weighted by Crippen LogP contribution is 2.21. The lowest BCUT2D eigenvalue weighted by Crippen LogP contribution is -2.18. The molecule has 0 aliphatic heterocycles. The van der Waals surface area contributed by atoms with Crippen LogP contribution in [0.5, 0.6) is 5.75 Å². The van der Waals surface area contributed by atoms with Gasteiger partial charge in [0.1, 0.15) is 5.75 Å². The van der Waals surface area contributed by atoms with Crippen LogP contribution in [0.25, 0.3) is 0 Å². The van der Waals surface area contributed by atoms with Crippen LogP contribution >= 0.6 is 11.6 Å². The van der Waals surface area contributed by atoms with Crippen molar-refractivity contribution >= 4 is 11.6 Å². The first-order valence-electron chi connectivity index (χ1n) is 6.33. The number of aryl methyl sites for hydroxylation is 1. The molecule has 0 aliphatic carbocycles. The molecule has 19 heavy (non-hydrogen) atoms. The molecule has 2 aromatic carbocycles. The predicted octanol–water partition coefficient (Wildman–Crippen LogP) is 4.20. The molecule has 2 rings (SSSR count). The normalized spacial score (nSPS) is 12.4. The third-order valence-corrected chi connectivity index (χ3v) is 3.42. The zero-order valence-electron chi connectivity index (χ0n) is 11.2. The minimum atomic E-state index is 0.179. The molecule has 2 nitrogen and oxygen atoms in total. The van der Waals surface area contributed by atoms with Crippen molar-refractivity contribution in [2.45, 2.75) is 26.4 Å². The van der Waals surface area contributed by atoms with E-state index in [-0.39, 0.29) is 6.04 Å². The fraction of sp³-hybridized carbons (Fsp3) is 0.250. The van der Waals surface area contributed by atoms with Crippen molar-refractivity contribution in [3.05, 3.63) is 64.2 Å². The summed E-state index contributed by atoms with van der Waals surface area (Å²) in [4.78, 5) is 0. The van der Waals surface area contributed by atoms with Gasteiger partial charge in [-0.05, 0) is 37.6 Å². The van der Waals surface area contributed by atoms with Crippen LogP contribution in [0.1, 0.15) is 29.7 Å². The van der Waals surface area contributed by atoms with Gasteiger partial charge in [-0.25, -0.2) is 0 Å². The summed E-state index contributed by atoms with van der Waals surface area (Å²) in [5, 5.41) is 13.9. The third-order valence-electron chi connectivity index (χ3n) is 3.18. The average molecular weight is 276 g/mol. The zero-order chi connectivity index (χ0) is 13.8. The van der Waals surface area contributed by atoms with Crippen LogP contribution in [0, 0.1) is 6.92 Å². The van der Waals surface area contributed by atoms with Gasteiger partial charge in [-0.15, -0.1) is 0 Å². The van der Waals surface area contributed by atoms with E-state index in [0.717, 1.165) is 21.7 Å². The van der Waals surface area contributed by atoms with Crippen molar-refractivity contribution in [2.24, 2.45) is 0 Å². The summed E-state index contributed by atoms with van der Waals surface area (Å²) in [7, 11) is 0. The Morgan fingerprint density at radius 2 is 2.00 bits per heavy atom. The van der Waals surface area contributed by atoms with Gasteiger partial charge in [-0.2, -0.15) is 0 Å². The Morgan fingerprint density at radius 1 is 1.21 bits per heavy atom. The van der Waals surface area contributed by atoms with E-state index >= 15 is 0 Å². The topological polar surface area (TPSA) is 32.3 Å². The number of aromatic hydroxyl groups is 1. The lowest BCUT2D eigenvalue weighted by molar-refractivity contribution is 0.460. The van der Waals surface area contributed by atoms with Crippen LogP contribution in [0.3, 0.4) is 0 Å². The van der Waals surface area contributed by atoms with Gasteiger partial charge < -0.3 is 10.4 Å². The van der Waals surface area contributed by atoms with Crippen molar-refractivity contribution in [2.75, 3.05) is 0 Å². The number of halogens is 1. The molecule has 0 unspecified atom stereocenters. The van der Waals surface area contributed by atoms with Gasteiger partial charge >= 0.3 is 0 Å². The fourth-order valence-electron chi connectivity index (χ4n) is 2.01. The molecule has 0 amide bonds. The summed E-state index contributed by atoms with van der Waals surface area (Å²) < 4.78 is 0. The fourth-order valence-corrected chi connectivity index (χ4v) is 2.21. The minimum absolute atomic E-state index is 0.179. The maximum Gasteiger partial charge on any atom is 0.120 e. The van der Waals surface area contributed by atoms with E-state index in [9.17, 15) is 5.11 Å². The Morgan fingerprint density at radius 3 is 2.74 bits per heavy atom. The van der Waals surface area contributed by atoms with Gasteiger partial charge in [0.2, 0.25) is 0 Å². The van der Waals surface area contributed by atoms with Crippen molar-refractivity contribution in [3.8, 4) is 5.75 Å². The molecule has 3 heteroatoms. The molecule has 0 heterocycles. The maximum atomic E-state index is 9.80. The molecule has 2 aromatic rings. The van der Waals surface area contributed by atoms with E-state index in [2.05, 4.69) is 12.2 Å². The number of rotatable bonds is 4. The lowest BCUT2D eigenvalue weighted by atomic mass is 10.1. The molecule has 0 spiro atoms. The highest BCUT2D eigenvalue weighted by atomic mass is 35.5. The van der Waals surface area contributed by atoms with Crippen LogP contribution in [-0.4, -0.2) is 5.11 Å². The molecular formula is C16H18ClNO. The van der Waals surface area contributed by atoms with E-state index in [4.69, 9.17) is 11.6 Å². The van der Waals surface area contributed by atoms with Crippen LogP contribution in [0.15, 0.2) is 42.5 Å². The first-order valence-corrected chi connectivity index (χ1v) is 6.71. The zero-order valence-corrected chi connectivity index (χ0v) is 11.9. The van der Waals surface area contributed by atoms with Crippen LogP contribution in [-0.2, 0) is 6.54 Å². The highest BCUT2D eigenvalue weighted by Gasteiger charge is 2.07. The first-order chi connectivity index (χ1) is 9.06. The van der Waals surface area contributed by atoms with Crippen LogP contribution in [0.2, 0.25) is 5.02 Å². The Hall–Kier alpha value is -1.51. The summed E-state index contributed by atoms with van der Waals surface area (Å²) in [5.74, 6) is 0.330. The minimum Gasteiger partial charge on any atom is -0.508 e. The summed E-state index contributed by atoms with van der Waals surface area (Å²) in [5.41, 5.74) is 3.19. The van der Waals surface area contributed by atoms with Gasteiger partial charge in [-0.3, -0.25) is 0 Å². The summed E-state index contributed by atoms with van der Waals surface area (Å²) in [6.07, 6.45) is 0. The van der Waals surface area contributed by atoms with Crippen LogP contribution < -0.4 is 5.32 Å². The monoisotopic (exact) mass is 275 g/mol. The number of hydrogen-bond donors (Lipinski definition) is 2. The molecule has 0 saturated carbocycles. The molecule has 2 N–H and O–H groups in total. The molecule has 0 radical (unpaired) electrons. The molecule has 0 bridgehead atoms.